The Bertz CT molecular complexity index is 1720. The quantitative estimate of drug-likeness (QED) is 0.176. The fourth-order valence-corrected chi connectivity index (χ4v) is 5.12. The van der Waals surface area contributed by atoms with Gasteiger partial charge in [-0.1, -0.05) is 117 Å². The summed E-state index contributed by atoms with van der Waals surface area (Å²) in [6.07, 6.45) is 0. The zero-order valence-electron chi connectivity index (χ0n) is 25.7. The van der Waals surface area contributed by atoms with Crippen LogP contribution in [0.25, 0.3) is 43.8 Å². The fraction of sp³-hybridized carbons (Fsp3) is 0.211. The molecule has 0 aliphatic rings. The Morgan fingerprint density at radius 2 is 1.19 bits per heavy atom. The van der Waals surface area contributed by atoms with Crippen LogP contribution in [-0.4, -0.2) is 5.43 Å². The van der Waals surface area contributed by atoms with Crippen molar-refractivity contribution in [2.75, 3.05) is 0 Å². The van der Waals surface area contributed by atoms with Gasteiger partial charge in [-0.2, -0.15) is 12.1 Å². The third kappa shape index (κ3) is 8.90. The largest absolute Gasteiger partial charge is 1.00 e. The first-order chi connectivity index (χ1) is 19.2. The third-order valence-electron chi connectivity index (χ3n) is 7.29. The van der Waals surface area contributed by atoms with Crippen LogP contribution in [0.3, 0.4) is 0 Å². The predicted octanol–water partition coefficient (Wildman–Crippen LogP) is 5.29. The monoisotopic (exact) mass is 684 g/mol. The van der Waals surface area contributed by atoms with Crippen LogP contribution in [-0.2, 0) is 23.3 Å². The first-order valence-corrected chi connectivity index (χ1v) is 20.3. The van der Waals surface area contributed by atoms with Crippen LogP contribution in [0.4, 0.5) is 0 Å². The molecule has 0 saturated carbocycles. The second-order valence-corrected chi connectivity index (χ2v) is 20.6. The van der Waals surface area contributed by atoms with Crippen molar-refractivity contribution in [3.05, 3.63) is 131 Å². The van der Waals surface area contributed by atoms with Crippen LogP contribution in [0, 0.1) is 20.8 Å². The van der Waals surface area contributed by atoms with E-state index in [1.54, 1.807) is 23.3 Å². The van der Waals surface area contributed by atoms with Crippen molar-refractivity contribution in [3.8, 4) is 22.3 Å². The van der Waals surface area contributed by atoms with E-state index in [1.807, 2.05) is 0 Å². The van der Waals surface area contributed by atoms with Crippen molar-refractivity contribution < 1.29 is 48.1 Å². The minimum absolute atomic E-state index is 0. The summed E-state index contributed by atoms with van der Waals surface area (Å²) in [5.41, 5.74) is 11.0. The van der Waals surface area contributed by atoms with Gasteiger partial charge in [0.05, 0.1) is 0 Å². The number of hydrogen-bond acceptors (Lipinski definition) is 0. The van der Waals surface area contributed by atoms with E-state index in [0.717, 1.165) is 0 Å². The van der Waals surface area contributed by atoms with Gasteiger partial charge in [0.25, 0.3) is 0 Å². The standard InChI is InChI=1S/2C18H17.C2H6Si.2ClH.Zr/c1-12-9-16-14(3)13(2)11-17(18(16)10-12)15-7-5-4-6-8-15;1-13(2)16-11-15-9-6-10-17(18(15)12-16)14-7-4-3-5-8-14;1-3-2;;;/h4-11H,1-3H3;3-13H,1-2H3;1-2H3;2*1H;/q2*-1;;;;+2/p-2. The van der Waals surface area contributed by atoms with Crippen molar-refractivity contribution in [1.29, 1.82) is 0 Å². The van der Waals surface area contributed by atoms with Gasteiger partial charge in [-0.05, 0) is 24.0 Å². The van der Waals surface area contributed by atoms with Crippen molar-refractivity contribution in [1.82, 2.24) is 0 Å². The number of fused-ring (bicyclic) bond motifs is 2. The summed E-state index contributed by atoms with van der Waals surface area (Å²) < 4.78 is 0. The summed E-state index contributed by atoms with van der Waals surface area (Å²) >= 11 is 1.74. The topological polar surface area (TPSA) is 0 Å². The van der Waals surface area contributed by atoms with E-state index in [2.05, 4.69) is 157 Å². The molecule has 0 heterocycles. The average molecular weight is 687 g/mol. The van der Waals surface area contributed by atoms with E-state index in [1.165, 1.54) is 66.1 Å². The van der Waals surface area contributed by atoms with Gasteiger partial charge in [0.15, 0.2) is 0 Å². The Morgan fingerprint density at radius 1 is 0.643 bits per heavy atom. The molecule has 0 N–H and O–H groups in total. The summed E-state index contributed by atoms with van der Waals surface area (Å²) in [7, 11) is 0. The number of aryl methyl sites for hydroxylation is 3. The summed E-state index contributed by atoms with van der Waals surface area (Å²) in [4.78, 5) is 0. The number of halogens is 2. The number of rotatable bonds is 3. The van der Waals surface area contributed by atoms with Crippen LogP contribution < -0.4 is 24.8 Å². The molecule has 0 saturated heterocycles. The molecule has 0 radical (unpaired) electrons. The molecule has 0 aliphatic carbocycles. The molecule has 0 atom stereocenters. The Kier molecular flexibility index (Phi) is 14.2. The maximum atomic E-state index is 2.34. The third-order valence-corrected chi connectivity index (χ3v) is 7.29. The molecule has 0 aromatic heterocycles. The Labute approximate surface area is 280 Å². The van der Waals surface area contributed by atoms with Crippen LogP contribution in [0.5, 0.6) is 0 Å². The molecule has 6 aromatic rings. The first kappa shape index (κ1) is 36.0. The molecule has 6 aromatic carbocycles. The maximum absolute atomic E-state index is 2.34. The summed E-state index contributed by atoms with van der Waals surface area (Å²) in [6.45, 7) is 15.7. The molecule has 6 rings (SSSR count). The Morgan fingerprint density at radius 3 is 1.74 bits per heavy atom. The van der Waals surface area contributed by atoms with E-state index in [0.29, 0.717) is 5.92 Å². The maximum Gasteiger partial charge on any atom is -0.0279 e. The second kappa shape index (κ2) is 16.6. The van der Waals surface area contributed by atoms with Gasteiger partial charge in [0.2, 0.25) is 0 Å². The molecule has 4 heteroatoms. The first-order valence-electron chi connectivity index (χ1n) is 14.1. The molecule has 0 fully saturated rings. The van der Waals surface area contributed by atoms with Crippen LogP contribution in [0.2, 0.25) is 13.1 Å². The van der Waals surface area contributed by atoms with Gasteiger partial charge < -0.3 is 24.8 Å². The van der Waals surface area contributed by atoms with Crippen molar-refractivity contribution in [3.63, 3.8) is 0 Å². The molecular weight excluding hydrogens is 647 g/mol. The molecule has 216 valence electrons. The molecule has 0 aliphatic heterocycles. The van der Waals surface area contributed by atoms with E-state index < -0.39 is 0 Å². The van der Waals surface area contributed by atoms with Gasteiger partial charge in [0.1, 0.15) is 0 Å². The minimum atomic E-state index is 0. The zero-order valence-corrected chi connectivity index (χ0v) is 30.7. The van der Waals surface area contributed by atoms with E-state index in [-0.39, 0.29) is 30.2 Å². The summed E-state index contributed by atoms with van der Waals surface area (Å²) in [6, 6.07) is 39.4. The molecule has 0 spiro atoms. The van der Waals surface area contributed by atoms with Gasteiger partial charge >= 0.3 is 41.9 Å². The summed E-state index contributed by atoms with van der Waals surface area (Å²) in [5, 5.41) is 5.49. The summed E-state index contributed by atoms with van der Waals surface area (Å²) in [5.74, 6) is 0.584. The Balaban J connectivity index is 0.000000250. The fourth-order valence-electron chi connectivity index (χ4n) is 5.12. The minimum Gasteiger partial charge on any atom is -1.00 e. The van der Waals surface area contributed by atoms with Crippen LogP contribution >= 0.6 is 0 Å². The van der Waals surface area contributed by atoms with Gasteiger partial charge in [-0.25, -0.2) is 0 Å². The average Bonchev–Trinajstić information content (AvgIpc) is 3.56. The van der Waals surface area contributed by atoms with E-state index >= 15 is 0 Å². The van der Waals surface area contributed by atoms with Gasteiger partial charge in [0, 0.05) is 0 Å². The van der Waals surface area contributed by atoms with Crippen LogP contribution in [0.1, 0.15) is 42.0 Å². The van der Waals surface area contributed by atoms with E-state index in [4.69, 9.17) is 0 Å². The second-order valence-electron chi connectivity index (χ2n) is 11.2. The van der Waals surface area contributed by atoms with Crippen molar-refractivity contribution in [2.24, 2.45) is 0 Å². The molecular formula is C38H40Cl2SiZr-2. The smallest absolute Gasteiger partial charge is 0.0279 e. The van der Waals surface area contributed by atoms with Crippen molar-refractivity contribution in [2.45, 2.75) is 53.6 Å². The molecule has 0 unspecified atom stereocenters. The van der Waals surface area contributed by atoms with Crippen LogP contribution in [0.15, 0.2) is 109 Å². The molecule has 42 heavy (non-hydrogen) atoms. The van der Waals surface area contributed by atoms with Crippen molar-refractivity contribution >= 4 is 27.0 Å². The molecule has 0 nitrogen and oxygen atoms in total. The Hall–Kier alpha value is -2.22. The normalized spacial score (nSPS) is 10.2. The molecule has 0 bridgehead atoms. The van der Waals surface area contributed by atoms with Gasteiger partial charge in [-0.15, -0.1) is 62.5 Å². The van der Waals surface area contributed by atoms with E-state index in [9.17, 15) is 0 Å². The predicted molar refractivity (Wildman–Crippen MR) is 176 cm³/mol. The zero-order chi connectivity index (χ0) is 28.8. The number of benzene rings is 4. The molecule has 0 amide bonds. The SMILES string of the molecule is CC(C)c1cc2c(-c3ccccc3)cccc2[cH-]1.C[Si](C)=[Zr+2].Cc1cc2c(-c3ccccc3)cc(C)c(C)c2[cH-]1.[Cl-].[Cl-]. The van der Waals surface area contributed by atoms with Gasteiger partial charge in [-0.3, -0.25) is 0 Å². The number of hydrogen-bond donors (Lipinski definition) is 0.